The predicted molar refractivity (Wildman–Crippen MR) is 47.5 cm³/mol. The molecule has 14 heavy (non-hydrogen) atoms. The molecule has 3 nitrogen and oxygen atoms in total. The number of aliphatic hydroxyl groups excluding tert-OH is 1. The number of aromatic amines is 1. The molecule has 1 heterocycles. The fraction of sp³-hybridized carbons (Fsp3) is 0.375. The van der Waals surface area contributed by atoms with E-state index in [4.69, 9.17) is 16.7 Å². The second-order valence-corrected chi connectivity index (χ2v) is 2.89. The second-order valence-electron chi connectivity index (χ2n) is 2.63. The molecule has 1 aromatic heterocycles. The van der Waals surface area contributed by atoms with Gasteiger partial charge in [-0.25, -0.2) is 8.78 Å². The Morgan fingerprint density at radius 2 is 2.21 bits per heavy atom. The molecule has 0 aliphatic heterocycles. The van der Waals surface area contributed by atoms with Crippen molar-refractivity contribution in [2.45, 2.75) is 18.9 Å². The van der Waals surface area contributed by atoms with Gasteiger partial charge in [0.25, 0.3) is 6.43 Å². The number of hydrogen-bond donors (Lipinski definition) is 2. The summed E-state index contributed by atoms with van der Waals surface area (Å²) in [7, 11) is 0. The molecule has 0 saturated carbocycles. The summed E-state index contributed by atoms with van der Waals surface area (Å²) < 4.78 is 24.8. The van der Waals surface area contributed by atoms with Crippen molar-refractivity contribution in [2.75, 3.05) is 0 Å². The third kappa shape index (κ3) is 1.93. The normalized spacial score (nSPS) is 10.9. The zero-order chi connectivity index (χ0) is 10.7. The molecule has 0 unspecified atom stereocenters. The van der Waals surface area contributed by atoms with Gasteiger partial charge >= 0.3 is 0 Å². The van der Waals surface area contributed by atoms with Crippen molar-refractivity contribution in [2.24, 2.45) is 0 Å². The molecule has 0 bridgehead atoms. The average molecular weight is 224 g/mol. The van der Waals surface area contributed by atoms with Crippen LogP contribution < -0.4 is 5.43 Å². The van der Waals surface area contributed by atoms with E-state index in [1.165, 1.54) is 6.20 Å². The maximum Gasteiger partial charge on any atom is 0.269 e. The van der Waals surface area contributed by atoms with Crippen LogP contribution in [-0.4, -0.2) is 10.1 Å². The molecule has 78 valence electrons. The number of rotatable bonds is 3. The van der Waals surface area contributed by atoms with Crippen molar-refractivity contribution in [3.05, 3.63) is 33.2 Å². The molecular weight excluding hydrogens is 216 g/mol. The minimum absolute atomic E-state index is 0.0687. The summed E-state index contributed by atoms with van der Waals surface area (Å²) in [6.45, 7) is -0.628. The molecule has 1 rings (SSSR count). The van der Waals surface area contributed by atoms with Crippen molar-refractivity contribution >= 4 is 11.6 Å². The summed E-state index contributed by atoms with van der Waals surface area (Å²) in [5, 5.41) is 8.72. The maximum absolute atomic E-state index is 12.4. The highest BCUT2D eigenvalue weighted by Gasteiger charge is 2.19. The zero-order valence-corrected chi connectivity index (χ0v) is 7.81. The molecule has 0 atom stereocenters. The summed E-state index contributed by atoms with van der Waals surface area (Å²) in [4.78, 5) is 13.7. The first-order valence-electron chi connectivity index (χ1n) is 3.80. The van der Waals surface area contributed by atoms with E-state index in [0.29, 0.717) is 0 Å². The average Bonchev–Trinajstić information content (AvgIpc) is 2.16. The molecule has 0 fully saturated rings. The third-order valence-electron chi connectivity index (χ3n) is 1.80. The second kappa shape index (κ2) is 4.52. The van der Waals surface area contributed by atoms with E-state index in [9.17, 15) is 13.6 Å². The summed E-state index contributed by atoms with van der Waals surface area (Å²) in [5.41, 5.74) is -1.61. The lowest BCUT2D eigenvalue weighted by atomic mass is 10.1. The quantitative estimate of drug-likeness (QED) is 0.764. The Morgan fingerprint density at radius 3 is 2.64 bits per heavy atom. The van der Waals surface area contributed by atoms with Gasteiger partial charge in [0.1, 0.15) is 0 Å². The minimum Gasteiger partial charge on any atom is -0.390 e. The highest BCUT2D eigenvalue weighted by Crippen LogP contribution is 2.18. The van der Waals surface area contributed by atoms with Crippen LogP contribution >= 0.6 is 11.6 Å². The lowest BCUT2D eigenvalue weighted by Gasteiger charge is -2.06. The Kier molecular flexibility index (Phi) is 3.60. The van der Waals surface area contributed by atoms with Crippen molar-refractivity contribution in [3.63, 3.8) is 0 Å². The van der Waals surface area contributed by atoms with Crippen LogP contribution in [-0.2, 0) is 12.5 Å². The summed E-state index contributed by atoms with van der Waals surface area (Å²) in [6, 6.07) is 0. The molecule has 0 amide bonds. The van der Waals surface area contributed by atoms with E-state index in [0.717, 1.165) is 0 Å². The van der Waals surface area contributed by atoms with Crippen molar-refractivity contribution in [3.8, 4) is 0 Å². The third-order valence-corrected chi connectivity index (χ3v) is 2.09. The number of aromatic nitrogens is 1. The first kappa shape index (κ1) is 11.1. The van der Waals surface area contributed by atoms with E-state index in [1.807, 2.05) is 0 Å². The molecule has 0 aliphatic rings. The van der Waals surface area contributed by atoms with Gasteiger partial charge in [-0.3, -0.25) is 4.79 Å². The molecule has 0 saturated heterocycles. The molecule has 6 heteroatoms. The number of pyridine rings is 1. The van der Waals surface area contributed by atoms with E-state index >= 15 is 0 Å². The highest BCUT2D eigenvalue weighted by molar-refractivity contribution is 6.17. The molecule has 0 radical (unpaired) electrons. The van der Waals surface area contributed by atoms with Crippen LogP contribution in [0.5, 0.6) is 0 Å². The van der Waals surface area contributed by atoms with E-state index < -0.39 is 24.0 Å². The SMILES string of the molecule is O=c1c(CCl)c[nH]c(CO)c1C(F)F. The van der Waals surface area contributed by atoms with E-state index in [-0.39, 0.29) is 17.1 Å². The lowest BCUT2D eigenvalue weighted by Crippen LogP contribution is -2.18. The van der Waals surface area contributed by atoms with Gasteiger partial charge in [-0.15, -0.1) is 11.6 Å². The van der Waals surface area contributed by atoms with Crippen LogP contribution in [0.15, 0.2) is 11.0 Å². The van der Waals surface area contributed by atoms with Gasteiger partial charge in [0.05, 0.1) is 23.7 Å². The molecular formula is C8H8ClF2NO2. The Labute approximate surface area is 83.3 Å². The van der Waals surface area contributed by atoms with Crippen molar-refractivity contribution < 1.29 is 13.9 Å². The minimum atomic E-state index is -2.91. The van der Waals surface area contributed by atoms with Crippen molar-refractivity contribution in [1.29, 1.82) is 0 Å². The van der Waals surface area contributed by atoms with E-state index in [2.05, 4.69) is 4.98 Å². The summed E-state index contributed by atoms with van der Waals surface area (Å²) in [6.07, 6.45) is -1.68. The van der Waals surface area contributed by atoms with Crippen LogP contribution in [0.25, 0.3) is 0 Å². The molecule has 0 aromatic carbocycles. The van der Waals surface area contributed by atoms with Gasteiger partial charge in [0.15, 0.2) is 5.43 Å². The number of aliphatic hydroxyl groups is 1. The Balaban J connectivity index is 3.39. The molecule has 1 aromatic rings. The van der Waals surface area contributed by atoms with Crippen LogP contribution in [0.4, 0.5) is 8.78 Å². The van der Waals surface area contributed by atoms with Gasteiger partial charge in [-0.2, -0.15) is 0 Å². The number of alkyl halides is 3. The summed E-state index contributed by atoms with van der Waals surface area (Å²) in [5.74, 6) is -0.138. The Morgan fingerprint density at radius 1 is 1.57 bits per heavy atom. The summed E-state index contributed by atoms with van der Waals surface area (Å²) >= 11 is 5.38. The van der Waals surface area contributed by atoms with Gasteiger partial charge in [-0.05, 0) is 0 Å². The van der Waals surface area contributed by atoms with Crippen molar-refractivity contribution in [1.82, 2.24) is 4.98 Å². The molecule has 2 N–H and O–H groups in total. The number of halogens is 3. The van der Waals surface area contributed by atoms with Crippen LogP contribution in [0.3, 0.4) is 0 Å². The molecule has 0 aliphatic carbocycles. The zero-order valence-electron chi connectivity index (χ0n) is 7.06. The Bertz CT molecular complexity index is 378. The first-order valence-corrected chi connectivity index (χ1v) is 4.33. The van der Waals surface area contributed by atoms with Crippen LogP contribution in [0.2, 0.25) is 0 Å². The smallest absolute Gasteiger partial charge is 0.269 e. The van der Waals surface area contributed by atoms with Crippen LogP contribution in [0, 0.1) is 0 Å². The van der Waals surface area contributed by atoms with Gasteiger partial charge in [-0.1, -0.05) is 0 Å². The highest BCUT2D eigenvalue weighted by atomic mass is 35.5. The number of H-pyrrole nitrogens is 1. The predicted octanol–water partition coefficient (Wildman–Crippen LogP) is 1.54. The topological polar surface area (TPSA) is 53.1 Å². The number of nitrogens with one attached hydrogen (secondary N) is 1. The maximum atomic E-state index is 12.4. The first-order chi connectivity index (χ1) is 6.61. The number of hydrogen-bond acceptors (Lipinski definition) is 2. The van der Waals surface area contributed by atoms with Gasteiger partial charge in [0.2, 0.25) is 0 Å². The van der Waals surface area contributed by atoms with Gasteiger partial charge in [0, 0.05) is 11.8 Å². The van der Waals surface area contributed by atoms with Crippen LogP contribution in [0.1, 0.15) is 23.2 Å². The standard InChI is InChI=1S/C8H8ClF2NO2/c9-1-4-2-12-5(3-13)6(7(4)14)8(10)11/h2,8,13H,1,3H2,(H,12,14). The Hall–Kier alpha value is -0.940. The van der Waals surface area contributed by atoms with E-state index in [1.54, 1.807) is 0 Å². The molecule has 0 spiro atoms. The largest absolute Gasteiger partial charge is 0.390 e. The fourth-order valence-electron chi connectivity index (χ4n) is 1.09. The van der Waals surface area contributed by atoms with Gasteiger partial charge < -0.3 is 10.1 Å². The fourth-order valence-corrected chi connectivity index (χ4v) is 1.29. The monoisotopic (exact) mass is 223 g/mol. The lowest BCUT2D eigenvalue weighted by molar-refractivity contribution is 0.144.